The van der Waals surface area contributed by atoms with Crippen LogP contribution in [0.25, 0.3) is 0 Å². The second kappa shape index (κ2) is 6.40. The van der Waals surface area contributed by atoms with Gasteiger partial charge < -0.3 is 10.1 Å². The van der Waals surface area contributed by atoms with E-state index in [9.17, 15) is 9.59 Å². The largest absolute Gasteiger partial charge is 0.452 e. The van der Waals surface area contributed by atoms with E-state index in [1.807, 2.05) is 30.3 Å². The molecule has 0 atom stereocenters. The molecule has 1 aromatic rings. The van der Waals surface area contributed by atoms with Crippen molar-refractivity contribution in [1.82, 2.24) is 5.32 Å². The molecule has 0 saturated carbocycles. The predicted octanol–water partition coefficient (Wildman–Crippen LogP) is 1.03. The summed E-state index contributed by atoms with van der Waals surface area (Å²) >= 11 is 0. The summed E-state index contributed by atoms with van der Waals surface area (Å²) in [6.45, 7) is 3.37. The summed E-state index contributed by atoms with van der Waals surface area (Å²) in [6, 6.07) is 9.47. The molecule has 0 unspecified atom stereocenters. The number of hydrogen-bond donors (Lipinski definition) is 1. The van der Waals surface area contributed by atoms with Gasteiger partial charge in [0.25, 0.3) is 5.91 Å². The normalized spacial score (nSPS) is 9.25. The van der Waals surface area contributed by atoms with Gasteiger partial charge in [-0.25, -0.2) is 4.79 Å². The fourth-order valence-electron chi connectivity index (χ4n) is 1.04. The fraction of sp³-hybridized carbons (Fsp3) is 0.167. The van der Waals surface area contributed by atoms with Crippen LogP contribution < -0.4 is 5.32 Å². The van der Waals surface area contributed by atoms with E-state index in [1.165, 1.54) is 0 Å². The van der Waals surface area contributed by atoms with Gasteiger partial charge in [-0.05, 0) is 5.56 Å². The van der Waals surface area contributed by atoms with Crippen LogP contribution in [0.15, 0.2) is 43.0 Å². The summed E-state index contributed by atoms with van der Waals surface area (Å²) in [5.74, 6) is -0.936. The Morgan fingerprint density at radius 3 is 2.62 bits per heavy atom. The molecule has 4 heteroatoms. The van der Waals surface area contributed by atoms with E-state index < -0.39 is 5.97 Å². The summed E-state index contributed by atoms with van der Waals surface area (Å²) in [6.07, 6.45) is 1.02. The lowest BCUT2D eigenvalue weighted by Crippen LogP contribution is -2.27. The van der Waals surface area contributed by atoms with Gasteiger partial charge in [-0.1, -0.05) is 36.9 Å². The summed E-state index contributed by atoms with van der Waals surface area (Å²) < 4.78 is 4.57. The van der Waals surface area contributed by atoms with Gasteiger partial charge in [-0.3, -0.25) is 4.79 Å². The number of ether oxygens (including phenoxy) is 1. The summed E-state index contributed by atoms with van der Waals surface area (Å²) in [5.41, 5.74) is 0.992. The third-order valence-electron chi connectivity index (χ3n) is 1.84. The molecule has 1 N–H and O–H groups in total. The van der Waals surface area contributed by atoms with E-state index in [4.69, 9.17) is 0 Å². The Balaban J connectivity index is 2.25. The Labute approximate surface area is 93.9 Å². The fourth-order valence-corrected chi connectivity index (χ4v) is 1.04. The van der Waals surface area contributed by atoms with Crippen LogP contribution in [-0.4, -0.2) is 18.5 Å². The smallest absolute Gasteiger partial charge is 0.330 e. The zero-order valence-corrected chi connectivity index (χ0v) is 8.81. The summed E-state index contributed by atoms with van der Waals surface area (Å²) in [5, 5.41) is 2.63. The van der Waals surface area contributed by atoms with Crippen molar-refractivity contribution in [2.75, 3.05) is 6.61 Å². The average Bonchev–Trinajstić information content (AvgIpc) is 2.34. The van der Waals surface area contributed by atoms with Crippen LogP contribution in [0, 0.1) is 0 Å². The third-order valence-corrected chi connectivity index (χ3v) is 1.84. The monoisotopic (exact) mass is 219 g/mol. The number of carbonyl (C=O) groups is 2. The van der Waals surface area contributed by atoms with Crippen molar-refractivity contribution in [3.8, 4) is 0 Å². The average molecular weight is 219 g/mol. The van der Waals surface area contributed by atoms with Crippen molar-refractivity contribution >= 4 is 11.9 Å². The molecule has 0 fully saturated rings. The Morgan fingerprint density at radius 2 is 2.00 bits per heavy atom. The van der Waals surface area contributed by atoms with Gasteiger partial charge in [0.15, 0.2) is 6.61 Å². The Morgan fingerprint density at radius 1 is 1.31 bits per heavy atom. The Bertz CT molecular complexity index is 373. The predicted molar refractivity (Wildman–Crippen MR) is 59.4 cm³/mol. The molecule has 0 heterocycles. The molecule has 0 aliphatic heterocycles. The van der Waals surface area contributed by atoms with Gasteiger partial charge in [0.1, 0.15) is 0 Å². The lowest BCUT2D eigenvalue weighted by molar-refractivity contribution is -0.143. The molecule has 1 rings (SSSR count). The molecule has 84 valence electrons. The molecule has 0 spiro atoms. The molecule has 0 aromatic heterocycles. The zero-order valence-electron chi connectivity index (χ0n) is 8.81. The molecule has 0 aliphatic carbocycles. The highest BCUT2D eigenvalue weighted by molar-refractivity contribution is 5.85. The lowest BCUT2D eigenvalue weighted by Gasteiger charge is -2.05. The van der Waals surface area contributed by atoms with Crippen molar-refractivity contribution in [3.05, 3.63) is 48.6 Å². The molecule has 0 saturated heterocycles. The number of esters is 1. The van der Waals surface area contributed by atoms with Crippen LogP contribution in [0.5, 0.6) is 0 Å². The van der Waals surface area contributed by atoms with E-state index in [1.54, 1.807) is 0 Å². The van der Waals surface area contributed by atoms with E-state index >= 15 is 0 Å². The maximum Gasteiger partial charge on any atom is 0.330 e. The SMILES string of the molecule is C=CC(=O)OCC(=O)NCc1ccccc1. The van der Waals surface area contributed by atoms with Crippen LogP contribution >= 0.6 is 0 Å². The molecular formula is C12H13NO3. The Hall–Kier alpha value is -2.10. The number of hydrogen-bond acceptors (Lipinski definition) is 3. The zero-order chi connectivity index (χ0) is 11.8. The van der Waals surface area contributed by atoms with Gasteiger partial charge >= 0.3 is 5.97 Å². The van der Waals surface area contributed by atoms with Crippen molar-refractivity contribution in [2.24, 2.45) is 0 Å². The van der Waals surface area contributed by atoms with Gasteiger partial charge in [0.05, 0.1) is 0 Å². The first-order chi connectivity index (χ1) is 7.72. The van der Waals surface area contributed by atoms with Crippen LogP contribution in [0.4, 0.5) is 0 Å². The number of nitrogens with one attached hydrogen (secondary N) is 1. The highest BCUT2D eigenvalue weighted by atomic mass is 16.5. The topological polar surface area (TPSA) is 55.4 Å². The van der Waals surface area contributed by atoms with Crippen LogP contribution in [0.1, 0.15) is 5.56 Å². The van der Waals surface area contributed by atoms with Gasteiger partial charge in [0.2, 0.25) is 0 Å². The molecule has 4 nitrogen and oxygen atoms in total. The van der Waals surface area contributed by atoms with Crippen molar-refractivity contribution in [2.45, 2.75) is 6.54 Å². The molecule has 1 amide bonds. The van der Waals surface area contributed by atoms with Gasteiger partial charge in [-0.15, -0.1) is 0 Å². The van der Waals surface area contributed by atoms with Crippen molar-refractivity contribution in [3.63, 3.8) is 0 Å². The van der Waals surface area contributed by atoms with Crippen LogP contribution in [0.3, 0.4) is 0 Å². The van der Waals surface area contributed by atoms with Crippen LogP contribution in [0.2, 0.25) is 0 Å². The maximum atomic E-state index is 11.2. The molecule has 0 bridgehead atoms. The first-order valence-corrected chi connectivity index (χ1v) is 4.82. The minimum absolute atomic E-state index is 0.280. The summed E-state index contributed by atoms with van der Waals surface area (Å²) in [7, 11) is 0. The summed E-state index contributed by atoms with van der Waals surface area (Å²) in [4.78, 5) is 21.9. The number of amides is 1. The minimum Gasteiger partial charge on any atom is -0.452 e. The quantitative estimate of drug-likeness (QED) is 0.594. The number of rotatable bonds is 5. The minimum atomic E-state index is -0.602. The third kappa shape index (κ3) is 4.41. The van der Waals surface area contributed by atoms with E-state index in [2.05, 4.69) is 16.6 Å². The molecule has 0 radical (unpaired) electrons. The lowest BCUT2D eigenvalue weighted by atomic mass is 10.2. The highest BCUT2D eigenvalue weighted by Gasteiger charge is 2.03. The van der Waals surface area contributed by atoms with E-state index in [0.29, 0.717) is 6.54 Å². The second-order valence-electron chi connectivity index (χ2n) is 3.07. The first-order valence-electron chi connectivity index (χ1n) is 4.82. The number of carbonyl (C=O) groups excluding carboxylic acids is 2. The molecule has 1 aromatic carbocycles. The second-order valence-corrected chi connectivity index (χ2v) is 3.07. The molecule has 16 heavy (non-hydrogen) atoms. The maximum absolute atomic E-state index is 11.2. The van der Waals surface area contributed by atoms with E-state index in [-0.39, 0.29) is 12.5 Å². The van der Waals surface area contributed by atoms with Crippen LogP contribution in [-0.2, 0) is 20.9 Å². The van der Waals surface area contributed by atoms with Gasteiger partial charge in [-0.2, -0.15) is 0 Å². The first kappa shape index (κ1) is 12.0. The highest BCUT2D eigenvalue weighted by Crippen LogP contribution is 1.96. The van der Waals surface area contributed by atoms with Crippen molar-refractivity contribution in [1.29, 1.82) is 0 Å². The van der Waals surface area contributed by atoms with Gasteiger partial charge in [0, 0.05) is 12.6 Å². The Kier molecular flexibility index (Phi) is 4.79. The molecular weight excluding hydrogens is 206 g/mol. The molecule has 0 aliphatic rings. The standard InChI is InChI=1S/C12H13NO3/c1-2-12(15)16-9-11(14)13-8-10-6-4-3-5-7-10/h2-7H,1,8-9H2,(H,13,14). The number of benzene rings is 1. The van der Waals surface area contributed by atoms with E-state index in [0.717, 1.165) is 11.6 Å². The van der Waals surface area contributed by atoms with Crippen molar-refractivity contribution < 1.29 is 14.3 Å².